The van der Waals surface area contributed by atoms with E-state index in [2.05, 4.69) is 41.7 Å². The van der Waals surface area contributed by atoms with Gasteiger partial charge >= 0.3 is 0 Å². The fraction of sp³-hybridized carbons (Fsp3) is 0.500. The standard InChI is InChI=1S/C20H23FN4O5.C4H10/c21-13-5-1-3-11-7-15(25-18(11)13)20(30)23-9-17(28)24-14(16(27)10-26)8-12-4-2-6-22-19(12)29;1-4(2)3/h1,3,5,7,12,14,25-26H,2,4,6,8-10H2,(H,22,29)(H,23,30)(H,24,28);4H,1-3H3/t12-,14-;/m0./s1. The van der Waals surface area contributed by atoms with Crippen LogP contribution in [-0.2, 0) is 14.4 Å². The van der Waals surface area contributed by atoms with Crippen LogP contribution in [0.3, 0.4) is 0 Å². The molecule has 2 aromatic rings. The molecular weight excluding hydrogens is 443 g/mol. The molecule has 1 fully saturated rings. The third-order valence-corrected chi connectivity index (χ3v) is 5.06. The molecule has 9 nitrogen and oxygen atoms in total. The summed E-state index contributed by atoms with van der Waals surface area (Å²) < 4.78 is 13.7. The summed E-state index contributed by atoms with van der Waals surface area (Å²) in [6, 6.07) is 4.86. The van der Waals surface area contributed by atoms with E-state index in [0.717, 1.165) is 12.3 Å². The van der Waals surface area contributed by atoms with Gasteiger partial charge in [0, 0.05) is 17.8 Å². The zero-order chi connectivity index (χ0) is 25.3. The molecule has 0 bridgehead atoms. The normalized spacial score (nSPS) is 16.3. The Morgan fingerprint density at radius 1 is 1.24 bits per heavy atom. The van der Waals surface area contributed by atoms with Crippen molar-refractivity contribution < 1.29 is 28.7 Å². The lowest BCUT2D eigenvalue weighted by Crippen LogP contribution is -2.49. The molecule has 1 aromatic heterocycles. The first kappa shape index (κ1) is 27.0. The van der Waals surface area contributed by atoms with Crippen LogP contribution in [0.5, 0.6) is 0 Å². The van der Waals surface area contributed by atoms with Gasteiger partial charge in [0.15, 0.2) is 5.78 Å². The number of H-pyrrole nitrogens is 1. The lowest BCUT2D eigenvalue weighted by atomic mass is 9.90. The molecule has 34 heavy (non-hydrogen) atoms. The number of aromatic amines is 1. The molecule has 1 saturated heterocycles. The van der Waals surface area contributed by atoms with Crippen LogP contribution in [0.15, 0.2) is 24.3 Å². The van der Waals surface area contributed by atoms with Crippen LogP contribution in [0.25, 0.3) is 10.9 Å². The first-order valence-corrected chi connectivity index (χ1v) is 11.4. The number of aliphatic hydroxyl groups excluding tert-OH is 1. The second-order valence-corrected chi connectivity index (χ2v) is 8.91. The number of halogens is 1. The number of benzene rings is 1. The lowest BCUT2D eigenvalue weighted by molar-refractivity contribution is -0.131. The molecule has 2 atom stereocenters. The van der Waals surface area contributed by atoms with E-state index in [9.17, 15) is 23.6 Å². The highest BCUT2D eigenvalue weighted by Crippen LogP contribution is 2.19. The molecule has 0 unspecified atom stereocenters. The summed E-state index contributed by atoms with van der Waals surface area (Å²) in [6.45, 7) is 5.87. The number of Topliss-reactive ketones (excluding diaryl/α,β-unsaturated/α-hetero) is 1. The minimum atomic E-state index is -1.03. The first-order valence-electron chi connectivity index (χ1n) is 11.4. The monoisotopic (exact) mass is 476 g/mol. The third-order valence-electron chi connectivity index (χ3n) is 5.06. The van der Waals surface area contributed by atoms with Crippen LogP contribution < -0.4 is 16.0 Å². The van der Waals surface area contributed by atoms with Gasteiger partial charge in [-0.2, -0.15) is 0 Å². The van der Waals surface area contributed by atoms with Crippen LogP contribution in [0, 0.1) is 17.7 Å². The Kier molecular flexibility index (Phi) is 10.2. The number of para-hydroxylation sites is 1. The highest BCUT2D eigenvalue weighted by atomic mass is 19.1. The number of ketones is 1. The number of nitrogens with one attached hydrogen (secondary N) is 4. The molecule has 0 saturated carbocycles. The average molecular weight is 477 g/mol. The predicted octanol–water partition coefficient (Wildman–Crippen LogP) is 1.66. The van der Waals surface area contributed by atoms with Crippen LogP contribution in [-0.4, -0.2) is 59.3 Å². The van der Waals surface area contributed by atoms with E-state index < -0.39 is 48.5 Å². The summed E-state index contributed by atoms with van der Waals surface area (Å²) in [5.41, 5.74) is 0.274. The van der Waals surface area contributed by atoms with E-state index in [1.165, 1.54) is 18.2 Å². The predicted molar refractivity (Wildman–Crippen MR) is 125 cm³/mol. The van der Waals surface area contributed by atoms with Crippen LogP contribution in [0.2, 0.25) is 0 Å². The molecule has 1 aliphatic heterocycles. The Balaban J connectivity index is 0.000000945. The zero-order valence-electron chi connectivity index (χ0n) is 19.7. The molecule has 1 aromatic carbocycles. The fourth-order valence-corrected chi connectivity index (χ4v) is 3.47. The molecule has 1 aliphatic rings. The molecule has 2 heterocycles. The maximum atomic E-state index is 13.7. The Hall–Kier alpha value is -3.27. The van der Waals surface area contributed by atoms with Gasteiger partial charge in [-0.15, -0.1) is 0 Å². The van der Waals surface area contributed by atoms with E-state index in [-0.39, 0.29) is 23.5 Å². The van der Waals surface area contributed by atoms with Crippen molar-refractivity contribution in [2.45, 2.75) is 46.1 Å². The van der Waals surface area contributed by atoms with Crippen molar-refractivity contribution in [3.63, 3.8) is 0 Å². The first-order chi connectivity index (χ1) is 16.1. The number of fused-ring (bicyclic) bond motifs is 1. The summed E-state index contributed by atoms with van der Waals surface area (Å²) in [4.78, 5) is 51.1. The van der Waals surface area contributed by atoms with E-state index in [4.69, 9.17) is 5.11 Å². The van der Waals surface area contributed by atoms with Gasteiger partial charge in [0.1, 0.15) is 18.1 Å². The smallest absolute Gasteiger partial charge is 0.268 e. The van der Waals surface area contributed by atoms with E-state index in [1.54, 1.807) is 6.07 Å². The second-order valence-electron chi connectivity index (χ2n) is 8.91. The van der Waals surface area contributed by atoms with Crippen molar-refractivity contribution in [3.8, 4) is 0 Å². The summed E-state index contributed by atoms with van der Waals surface area (Å²) in [5, 5.41) is 17.3. The number of amides is 3. The lowest BCUT2D eigenvalue weighted by Gasteiger charge is -2.26. The Bertz CT molecular complexity index is 1020. The van der Waals surface area contributed by atoms with Crippen molar-refractivity contribution in [1.29, 1.82) is 0 Å². The quantitative estimate of drug-likeness (QED) is 0.394. The van der Waals surface area contributed by atoms with Gasteiger partial charge in [-0.25, -0.2) is 4.39 Å². The van der Waals surface area contributed by atoms with Crippen molar-refractivity contribution >= 4 is 34.4 Å². The van der Waals surface area contributed by atoms with Gasteiger partial charge < -0.3 is 26.0 Å². The number of aromatic nitrogens is 1. The number of carbonyl (C=O) groups excluding carboxylic acids is 4. The average Bonchev–Trinajstić information content (AvgIpc) is 3.23. The topological polar surface area (TPSA) is 140 Å². The molecule has 3 rings (SSSR count). The van der Waals surface area contributed by atoms with Crippen LogP contribution in [0.4, 0.5) is 4.39 Å². The van der Waals surface area contributed by atoms with Crippen molar-refractivity contribution in [2.75, 3.05) is 19.7 Å². The van der Waals surface area contributed by atoms with Crippen molar-refractivity contribution in [3.05, 3.63) is 35.8 Å². The van der Waals surface area contributed by atoms with Crippen LogP contribution in [0.1, 0.15) is 50.5 Å². The summed E-state index contributed by atoms with van der Waals surface area (Å²) in [5.74, 6) is -2.16. The number of hydrogen-bond donors (Lipinski definition) is 5. The zero-order valence-corrected chi connectivity index (χ0v) is 19.7. The highest BCUT2D eigenvalue weighted by molar-refractivity contribution is 6.00. The maximum Gasteiger partial charge on any atom is 0.268 e. The summed E-state index contributed by atoms with van der Waals surface area (Å²) >= 11 is 0. The van der Waals surface area contributed by atoms with E-state index in [1.807, 2.05) is 0 Å². The highest BCUT2D eigenvalue weighted by Gasteiger charge is 2.29. The van der Waals surface area contributed by atoms with E-state index >= 15 is 0 Å². The maximum absolute atomic E-state index is 13.7. The molecular formula is C24H33FN4O5. The largest absolute Gasteiger partial charge is 0.389 e. The molecule has 186 valence electrons. The number of carbonyl (C=O) groups is 4. The second kappa shape index (κ2) is 12.8. The Labute approximate surface area is 197 Å². The SMILES string of the molecule is CC(C)C.O=C(CNC(=O)c1cc2cccc(F)c2[nH]1)N[C@@H](C[C@@H]1CCCNC1=O)C(=O)CO. The van der Waals surface area contributed by atoms with Gasteiger partial charge in [0.25, 0.3) is 5.91 Å². The Morgan fingerprint density at radius 3 is 2.56 bits per heavy atom. The van der Waals surface area contributed by atoms with E-state index in [0.29, 0.717) is 18.4 Å². The minimum absolute atomic E-state index is 0.0756. The summed E-state index contributed by atoms with van der Waals surface area (Å²) in [6.07, 6.45) is 1.43. The van der Waals surface area contributed by atoms with Crippen LogP contribution >= 0.6 is 0 Å². The van der Waals surface area contributed by atoms with Gasteiger partial charge in [-0.3, -0.25) is 19.2 Å². The van der Waals surface area contributed by atoms with Gasteiger partial charge in [0.2, 0.25) is 11.8 Å². The summed E-state index contributed by atoms with van der Waals surface area (Å²) in [7, 11) is 0. The fourth-order valence-electron chi connectivity index (χ4n) is 3.47. The Morgan fingerprint density at radius 2 is 1.94 bits per heavy atom. The third kappa shape index (κ3) is 7.95. The van der Waals surface area contributed by atoms with Gasteiger partial charge in [-0.1, -0.05) is 32.9 Å². The molecule has 3 amide bonds. The number of rotatable bonds is 8. The number of hydrogen-bond acceptors (Lipinski definition) is 5. The minimum Gasteiger partial charge on any atom is -0.389 e. The van der Waals surface area contributed by atoms with Crippen molar-refractivity contribution in [1.82, 2.24) is 20.9 Å². The molecule has 10 heteroatoms. The number of aliphatic hydroxyl groups is 1. The van der Waals surface area contributed by atoms with Gasteiger partial charge in [-0.05, 0) is 37.3 Å². The number of piperidine rings is 1. The van der Waals surface area contributed by atoms with Crippen molar-refractivity contribution in [2.24, 2.45) is 11.8 Å². The molecule has 5 N–H and O–H groups in total. The van der Waals surface area contributed by atoms with Gasteiger partial charge in [0.05, 0.1) is 18.1 Å². The molecule has 0 radical (unpaired) electrons. The molecule has 0 aliphatic carbocycles. The molecule has 0 spiro atoms.